The van der Waals surface area contributed by atoms with Crippen LogP contribution in [-0.2, 0) is 12.8 Å². The second-order valence-electron chi connectivity index (χ2n) is 8.55. The molecule has 2 aromatic carbocycles. The fraction of sp³-hybridized carbons (Fsp3) is 0.414. The number of benzene rings is 2. The third kappa shape index (κ3) is 7.02. The minimum atomic E-state index is -0.184. The van der Waals surface area contributed by atoms with Crippen molar-refractivity contribution < 1.29 is 4.39 Å². The standard InChI is InChI=1S/C29H36FN/c1-3-5-7-8-10-12-27-19-17-26(22-31-27)25-18-20-28(29(30)21-25)24-15-13-23(14-16-24)11-9-6-4-2/h13-22H,3-12H2,1-2H3. The lowest BCUT2D eigenvalue weighted by Gasteiger charge is -2.09. The molecular weight excluding hydrogens is 381 g/mol. The van der Waals surface area contributed by atoms with Gasteiger partial charge < -0.3 is 0 Å². The SMILES string of the molecule is CCCCCCCc1ccc(-c2ccc(-c3ccc(CCCCC)cc3)c(F)c2)cn1. The van der Waals surface area contributed by atoms with E-state index in [-0.39, 0.29) is 5.82 Å². The van der Waals surface area contributed by atoms with E-state index in [1.807, 2.05) is 30.5 Å². The van der Waals surface area contributed by atoms with E-state index in [4.69, 9.17) is 0 Å². The zero-order valence-corrected chi connectivity index (χ0v) is 19.2. The lowest BCUT2D eigenvalue weighted by molar-refractivity contribution is 0.628. The summed E-state index contributed by atoms with van der Waals surface area (Å²) >= 11 is 0. The Morgan fingerprint density at radius 3 is 1.97 bits per heavy atom. The number of aryl methyl sites for hydroxylation is 2. The van der Waals surface area contributed by atoms with Crippen LogP contribution in [0.4, 0.5) is 4.39 Å². The van der Waals surface area contributed by atoms with Gasteiger partial charge in [-0.2, -0.15) is 0 Å². The van der Waals surface area contributed by atoms with Crippen LogP contribution in [-0.4, -0.2) is 4.98 Å². The summed E-state index contributed by atoms with van der Waals surface area (Å²) in [5, 5.41) is 0. The summed E-state index contributed by atoms with van der Waals surface area (Å²) in [6.45, 7) is 4.45. The number of pyridine rings is 1. The molecule has 0 radical (unpaired) electrons. The molecule has 0 aliphatic carbocycles. The van der Waals surface area contributed by atoms with Crippen molar-refractivity contribution in [3.63, 3.8) is 0 Å². The molecule has 3 aromatic rings. The summed E-state index contributed by atoms with van der Waals surface area (Å²) in [6, 6.07) is 18.0. The van der Waals surface area contributed by atoms with Gasteiger partial charge in [0, 0.05) is 23.0 Å². The van der Waals surface area contributed by atoms with Gasteiger partial charge in [-0.15, -0.1) is 0 Å². The van der Waals surface area contributed by atoms with Gasteiger partial charge in [-0.25, -0.2) is 4.39 Å². The molecule has 0 amide bonds. The number of rotatable bonds is 12. The van der Waals surface area contributed by atoms with Crippen molar-refractivity contribution in [2.45, 2.75) is 78.1 Å². The van der Waals surface area contributed by atoms with E-state index in [2.05, 4.69) is 43.1 Å². The molecule has 164 valence electrons. The van der Waals surface area contributed by atoms with E-state index in [0.29, 0.717) is 5.56 Å². The molecule has 1 aromatic heterocycles. The molecule has 1 heterocycles. The third-order valence-corrected chi connectivity index (χ3v) is 6.00. The van der Waals surface area contributed by atoms with Crippen LogP contribution in [0.5, 0.6) is 0 Å². The van der Waals surface area contributed by atoms with Gasteiger partial charge in [-0.3, -0.25) is 4.98 Å². The number of halogens is 1. The van der Waals surface area contributed by atoms with Crippen LogP contribution in [0.15, 0.2) is 60.8 Å². The van der Waals surface area contributed by atoms with Crippen molar-refractivity contribution in [1.82, 2.24) is 4.98 Å². The Morgan fingerprint density at radius 2 is 1.29 bits per heavy atom. The maximum Gasteiger partial charge on any atom is 0.131 e. The average Bonchev–Trinajstić information content (AvgIpc) is 2.80. The first kappa shape index (κ1) is 23.2. The van der Waals surface area contributed by atoms with E-state index < -0.39 is 0 Å². The van der Waals surface area contributed by atoms with Gasteiger partial charge in [-0.1, -0.05) is 94.8 Å². The summed E-state index contributed by atoms with van der Waals surface area (Å²) in [5.74, 6) is -0.184. The first-order chi connectivity index (χ1) is 15.2. The Balaban J connectivity index is 1.62. The van der Waals surface area contributed by atoms with E-state index >= 15 is 0 Å². The second kappa shape index (κ2) is 12.4. The van der Waals surface area contributed by atoms with E-state index in [9.17, 15) is 4.39 Å². The Bertz CT molecular complexity index is 912. The van der Waals surface area contributed by atoms with Gasteiger partial charge in [0.15, 0.2) is 0 Å². The normalized spacial score (nSPS) is 11.1. The molecule has 0 atom stereocenters. The number of hydrogen-bond donors (Lipinski definition) is 0. The van der Waals surface area contributed by atoms with Gasteiger partial charge in [0.1, 0.15) is 5.82 Å². The zero-order valence-electron chi connectivity index (χ0n) is 19.2. The average molecular weight is 418 g/mol. The van der Waals surface area contributed by atoms with Gasteiger partial charge in [-0.05, 0) is 54.5 Å². The molecule has 31 heavy (non-hydrogen) atoms. The first-order valence-corrected chi connectivity index (χ1v) is 12.1. The lowest BCUT2D eigenvalue weighted by Crippen LogP contribution is -1.92. The van der Waals surface area contributed by atoms with Gasteiger partial charge in [0.25, 0.3) is 0 Å². The second-order valence-corrected chi connectivity index (χ2v) is 8.55. The summed E-state index contributed by atoms with van der Waals surface area (Å²) in [6.07, 6.45) is 14.0. The largest absolute Gasteiger partial charge is 0.261 e. The van der Waals surface area contributed by atoms with Crippen molar-refractivity contribution in [3.05, 3.63) is 77.9 Å². The highest BCUT2D eigenvalue weighted by atomic mass is 19.1. The molecular formula is C29H36FN. The highest BCUT2D eigenvalue weighted by Crippen LogP contribution is 2.28. The fourth-order valence-electron chi connectivity index (χ4n) is 4.01. The minimum absolute atomic E-state index is 0.184. The van der Waals surface area contributed by atoms with Gasteiger partial charge in [0.2, 0.25) is 0 Å². The Labute approximate surface area is 187 Å². The van der Waals surface area contributed by atoms with Crippen LogP contribution in [0.25, 0.3) is 22.3 Å². The monoisotopic (exact) mass is 417 g/mol. The van der Waals surface area contributed by atoms with Crippen LogP contribution in [0, 0.1) is 5.82 Å². The molecule has 0 spiro atoms. The van der Waals surface area contributed by atoms with Crippen LogP contribution < -0.4 is 0 Å². The molecule has 0 aliphatic heterocycles. The maximum absolute atomic E-state index is 14.9. The molecule has 0 aliphatic rings. The summed E-state index contributed by atoms with van der Waals surface area (Å²) in [7, 11) is 0. The van der Waals surface area contributed by atoms with Crippen molar-refractivity contribution >= 4 is 0 Å². The number of unbranched alkanes of at least 4 members (excludes halogenated alkanes) is 6. The van der Waals surface area contributed by atoms with Crippen molar-refractivity contribution in [3.8, 4) is 22.3 Å². The predicted molar refractivity (Wildman–Crippen MR) is 131 cm³/mol. The minimum Gasteiger partial charge on any atom is -0.261 e. The van der Waals surface area contributed by atoms with Crippen LogP contribution in [0.1, 0.15) is 76.5 Å². The predicted octanol–water partition coefficient (Wildman–Crippen LogP) is 8.80. The molecule has 0 N–H and O–H groups in total. The van der Waals surface area contributed by atoms with Crippen molar-refractivity contribution in [2.24, 2.45) is 0 Å². The summed E-state index contributed by atoms with van der Waals surface area (Å²) in [5.41, 5.74) is 5.87. The maximum atomic E-state index is 14.9. The van der Waals surface area contributed by atoms with Crippen LogP contribution in [0.2, 0.25) is 0 Å². The van der Waals surface area contributed by atoms with E-state index in [1.54, 1.807) is 6.07 Å². The smallest absolute Gasteiger partial charge is 0.131 e. The topological polar surface area (TPSA) is 12.9 Å². The molecule has 0 saturated carbocycles. The molecule has 2 heteroatoms. The van der Waals surface area contributed by atoms with Crippen molar-refractivity contribution in [2.75, 3.05) is 0 Å². The highest BCUT2D eigenvalue weighted by Gasteiger charge is 2.08. The fourth-order valence-corrected chi connectivity index (χ4v) is 4.01. The highest BCUT2D eigenvalue weighted by molar-refractivity contribution is 5.70. The van der Waals surface area contributed by atoms with E-state index in [0.717, 1.165) is 35.2 Å². The summed E-state index contributed by atoms with van der Waals surface area (Å²) < 4.78 is 14.9. The van der Waals surface area contributed by atoms with Crippen LogP contribution in [0.3, 0.4) is 0 Å². The third-order valence-electron chi connectivity index (χ3n) is 6.00. The van der Waals surface area contributed by atoms with Gasteiger partial charge >= 0.3 is 0 Å². The Morgan fingerprint density at radius 1 is 0.645 bits per heavy atom. The zero-order chi connectivity index (χ0) is 21.9. The molecule has 0 bridgehead atoms. The first-order valence-electron chi connectivity index (χ1n) is 12.1. The Hall–Kier alpha value is -2.48. The molecule has 0 unspecified atom stereocenters. The lowest BCUT2D eigenvalue weighted by atomic mass is 9.98. The van der Waals surface area contributed by atoms with E-state index in [1.165, 1.54) is 56.9 Å². The molecule has 0 saturated heterocycles. The molecule has 1 nitrogen and oxygen atoms in total. The molecule has 3 rings (SSSR count). The van der Waals surface area contributed by atoms with Crippen molar-refractivity contribution in [1.29, 1.82) is 0 Å². The van der Waals surface area contributed by atoms with Gasteiger partial charge in [0.05, 0.1) is 0 Å². The quantitative estimate of drug-likeness (QED) is 0.268. The summed E-state index contributed by atoms with van der Waals surface area (Å²) in [4.78, 5) is 4.60. The number of nitrogens with zero attached hydrogens (tertiary/aromatic N) is 1. The van der Waals surface area contributed by atoms with Crippen LogP contribution >= 0.6 is 0 Å². The Kier molecular flexibility index (Phi) is 9.27. The number of hydrogen-bond acceptors (Lipinski definition) is 1. The molecule has 0 fully saturated rings. The number of aromatic nitrogens is 1.